The molecule has 1 N–H and O–H groups in total. The van der Waals surface area contributed by atoms with Gasteiger partial charge >= 0.3 is 0 Å². The fourth-order valence-corrected chi connectivity index (χ4v) is 2.47. The molecule has 94 valence electrons. The van der Waals surface area contributed by atoms with Crippen LogP contribution in [0.25, 0.3) is 0 Å². The maximum Gasteiger partial charge on any atom is 0.271 e. The zero-order valence-corrected chi connectivity index (χ0v) is 12.3. The fourth-order valence-electron chi connectivity index (χ4n) is 1.67. The molecule has 1 aromatic heterocycles. The highest BCUT2D eigenvalue weighted by atomic mass is 79.9. The molecular weight excluding hydrogens is 312 g/mol. The van der Waals surface area contributed by atoms with Crippen LogP contribution in [0.3, 0.4) is 0 Å². The molecule has 1 amide bonds. The lowest BCUT2D eigenvalue weighted by Gasteiger charge is -2.16. The Kier molecular flexibility index (Phi) is 4.49. The molecule has 18 heavy (non-hydrogen) atoms. The van der Waals surface area contributed by atoms with Gasteiger partial charge in [0.05, 0.1) is 11.6 Å². The average Bonchev–Trinajstić information content (AvgIpc) is 2.91. The quantitative estimate of drug-likeness (QED) is 0.929. The van der Waals surface area contributed by atoms with E-state index in [4.69, 9.17) is 0 Å². The van der Waals surface area contributed by atoms with Crippen molar-refractivity contribution in [3.63, 3.8) is 0 Å². The summed E-state index contributed by atoms with van der Waals surface area (Å²) < 4.78 is 1.03. The molecule has 3 nitrogen and oxygen atoms in total. The van der Waals surface area contributed by atoms with E-state index in [0.29, 0.717) is 5.69 Å². The zero-order valence-electron chi connectivity index (χ0n) is 9.89. The van der Waals surface area contributed by atoms with Crippen LogP contribution in [0.15, 0.2) is 39.6 Å². The third-order valence-corrected chi connectivity index (χ3v) is 3.77. The van der Waals surface area contributed by atoms with Gasteiger partial charge < -0.3 is 5.32 Å². The summed E-state index contributed by atoms with van der Waals surface area (Å²) in [6, 6.07) is 8.01. The number of carbonyl (C=O) groups is 1. The van der Waals surface area contributed by atoms with Crippen LogP contribution in [-0.2, 0) is 0 Å². The van der Waals surface area contributed by atoms with Gasteiger partial charge in [-0.3, -0.25) is 4.79 Å². The molecular formula is C13H13BrN2OS. The van der Waals surface area contributed by atoms with Crippen molar-refractivity contribution in [3.05, 3.63) is 50.9 Å². The molecule has 1 heterocycles. The second-order valence-corrected chi connectivity index (χ2v) is 5.49. The molecule has 0 radical (unpaired) electrons. The third-order valence-electron chi connectivity index (χ3n) is 2.65. The summed E-state index contributed by atoms with van der Waals surface area (Å²) >= 11 is 4.83. The zero-order chi connectivity index (χ0) is 13.0. The van der Waals surface area contributed by atoms with E-state index in [9.17, 15) is 4.79 Å². The van der Waals surface area contributed by atoms with Crippen LogP contribution in [-0.4, -0.2) is 10.9 Å². The van der Waals surface area contributed by atoms with Crippen molar-refractivity contribution in [2.24, 2.45) is 0 Å². The summed E-state index contributed by atoms with van der Waals surface area (Å²) in [5.74, 6) is -0.119. The van der Waals surface area contributed by atoms with Crippen molar-refractivity contribution in [1.29, 1.82) is 0 Å². The highest BCUT2D eigenvalue weighted by Crippen LogP contribution is 2.20. The maximum absolute atomic E-state index is 11.9. The number of rotatable bonds is 4. The van der Waals surface area contributed by atoms with Crippen molar-refractivity contribution >= 4 is 33.2 Å². The Balaban J connectivity index is 2.10. The van der Waals surface area contributed by atoms with E-state index in [-0.39, 0.29) is 11.9 Å². The minimum Gasteiger partial charge on any atom is -0.344 e. The van der Waals surface area contributed by atoms with Crippen LogP contribution in [0.4, 0.5) is 0 Å². The van der Waals surface area contributed by atoms with Crippen LogP contribution in [0.5, 0.6) is 0 Å². The van der Waals surface area contributed by atoms with Gasteiger partial charge in [-0.05, 0) is 24.1 Å². The number of hydrogen-bond donors (Lipinski definition) is 1. The Morgan fingerprint density at radius 1 is 1.44 bits per heavy atom. The normalized spacial score (nSPS) is 12.1. The second kappa shape index (κ2) is 6.11. The second-order valence-electron chi connectivity index (χ2n) is 3.86. The summed E-state index contributed by atoms with van der Waals surface area (Å²) in [7, 11) is 0. The van der Waals surface area contributed by atoms with Gasteiger partial charge in [0.25, 0.3) is 5.91 Å². The summed E-state index contributed by atoms with van der Waals surface area (Å²) in [4.78, 5) is 15.9. The van der Waals surface area contributed by atoms with E-state index < -0.39 is 0 Å². The Bertz CT molecular complexity index is 510. The van der Waals surface area contributed by atoms with Crippen molar-refractivity contribution in [1.82, 2.24) is 10.3 Å². The third kappa shape index (κ3) is 3.17. The molecule has 1 atom stereocenters. The van der Waals surface area contributed by atoms with Gasteiger partial charge in [0.1, 0.15) is 5.69 Å². The number of nitrogens with one attached hydrogen (secondary N) is 1. The summed E-state index contributed by atoms with van der Waals surface area (Å²) in [5.41, 5.74) is 3.25. The molecule has 0 saturated carbocycles. The molecule has 0 aliphatic carbocycles. The van der Waals surface area contributed by atoms with Gasteiger partial charge in [-0.15, -0.1) is 11.3 Å². The Hall–Kier alpha value is -1.20. The first-order chi connectivity index (χ1) is 8.70. The van der Waals surface area contributed by atoms with Crippen LogP contribution in [0.1, 0.15) is 35.4 Å². The van der Waals surface area contributed by atoms with E-state index in [1.165, 1.54) is 11.3 Å². The van der Waals surface area contributed by atoms with Crippen molar-refractivity contribution in [2.75, 3.05) is 0 Å². The summed E-state index contributed by atoms with van der Waals surface area (Å²) in [6.07, 6.45) is 0.845. The molecule has 2 rings (SSSR count). The Morgan fingerprint density at radius 2 is 2.17 bits per heavy atom. The predicted molar refractivity (Wildman–Crippen MR) is 76.8 cm³/mol. The topological polar surface area (TPSA) is 42.0 Å². The van der Waals surface area contributed by atoms with E-state index in [1.807, 2.05) is 31.2 Å². The minimum absolute atomic E-state index is 0.0206. The van der Waals surface area contributed by atoms with Gasteiger partial charge in [0.2, 0.25) is 0 Å². The Morgan fingerprint density at radius 3 is 2.72 bits per heavy atom. The molecule has 0 spiro atoms. The number of amides is 1. The lowest BCUT2D eigenvalue weighted by molar-refractivity contribution is 0.0931. The molecule has 0 bridgehead atoms. The van der Waals surface area contributed by atoms with E-state index in [2.05, 4.69) is 26.2 Å². The first-order valence-electron chi connectivity index (χ1n) is 5.65. The summed E-state index contributed by atoms with van der Waals surface area (Å²) in [6.45, 7) is 2.05. The standard InChI is InChI=1S/C13H13BrN2OS/c1-2-11(9-3-5-10(14)6-4-9)16-13(17)12-7-18-8-15-12/h3-8,11H,2H2,1H3,(H,16,17). The largest absolute Gasteiger partial charge is 0.344 e. The molecule has 1 unspecified atom stereocenters. The van der Waals surface area contributed by atoms with Crippen LogP contribution >= 0.6 is 27.3 Å². The number of benzene rings is 1. The van der Waals surface area contributed by atoms with Crippen molar-refractivity contribution in [2.45, 2.75) is 19.4 Å². The van der Waals surface area contributed by atoms with Crippen LogP contribution < -0.4 is 5.32 Å². The molecule has 0 aliphatic heterocycles. The lowest BCUT2D eigenvalue weighted by Crippen LogP contribution is -2.28. The molecule has 2 aromatic rings. The smallest absolute Gasteiger partial charge is 0.271 e. The molecule has 1 aromatic carbocycles. The Labute approximate surface area is 118 Å². The summed E-state index contributed by atoms with van der Waals surface area (Å²) in [5, 5.41) is 4.75. The number of halogens is 1. The minimum atomic E-state index is -0.119. The van der Waals surface area contributed by atoms with E-state index in [0.717, 1.165) is 16.5 Å². The maximum atomic E-state index is 11.9. The monoisotopic (exact) mass is 324 g/mol. The predicted octanol–water partition coefficient (Wildman–Crippen LogP) is 3.79. The molecule has 5 heteroatoms. The van der Waals surface area contributed by atoms with Crippen molar-refractivity contribution in [3.8, 4) is 0 Å². The SMILES string of the molecule is CCC(NC(=O)c1cscn1)c1ccc(Br)cc1. The van der Waals surface area contributed by atoms with Crippen LogP contribution in [0, 0.1) is 0 Å². The van der Waals surface area contributed by atoms with Gasteiger partial charge in [-0.1, -0.05) is 35.0 Å². The van der Waals surface area contributed by atoms with Gasteiger partial charge in [0, 0.05) is 9.85 Å². The molecule has 0 aliphatic rings. The molecule has 0 saturated heterocycles. The first-order valence-corrected chi connectivity index (χ1v) is 7.38. The highest BCUT2D eigenvalue weighted by Gasteiger charge is 2.15. The van der Waals surface area contributed by atoms with E-state index >= 15 is 0 Å². The van der Waals surface area contributed by atoms with Gasteiger partial charge in [-0.2, -0.15) is 0 Å². The van der Waals surface area contributed by atoms with Crippen LogP contribution in [0.2, 0.25) is 0 Å². The van der Waals surface area contributed by atoms with Gasteiger partial charge in [-0.25, -0.2) is 4.98 Å². The highest BCUT2D eigenvalue weighted by molar-refractivity contribution is 9.10. The first kappa shape index (κ1) is 13.2. The fraction of sp³-hybridized carbons (Fsp3) is 0.231. The van der Waals surface area contributed by atoms with E-state index in [1.54, 1.807) is 10.9 Å². The average molecular weight is 325 g/mol. The number of thiazole rings is 1. The van der Waals surface area contributed by atoms with Gasteiger partial charge in [0.15, 0.2) is 0 Å². The lowest BCUT2D eigenvalue weighted by atomic mass is 10.0. The number of hydrogen-bond acceptors (Lipinski definition) is 3. The molecule has 0 fully saturated rings. The van der Waals surface area contributed by atoms with Crippen molar-refractivity contribution < 1.29 is 4.79 Å². The number of aromatic nitrogens is 1. The number of nitrogens with zero attached hydrogens (tertiary/aromatic N) is 1. The number of carbonyl (C=O) groups excluding carboxylic acids is 1.